The summed E-state index contributed by atoms with van der Waals surface area (Å²) in [5.41, 5.74) is 1.15. The van der Waals surface area contributed by atoms with Gasteiger partial charge in [-0.25, -0.2) is 14.4 Å². The van der Waals surface area contributed by atoms with Crippen LogP contribution in [0.1, 0.15) is 30.9 Å². The highest BCUT2D eigenvalue weighted by Crippen LogP contribution is 2.28. The van der Waals surface area contributed by atoms with Crippen molar-refractivity contribution in [2.75, 3.05) is 13.1 Å². The molecule has 0 amide bonds. The van der Waals surface area contributed by atoms with E-state index in [2.05, 4.69) is 19.4 Å². The molecule has 5 nitrogen and oxygen atoms in total. The van der Waals surface area contributed by atoms with Crippen molar-refractivity contribution in [3.8, 4) is 11.6 Å². The first kappa shape index (κ1) is 17.0. The standard InChI is InChI=1S/C20H24FN5/c1-24-13-9-22-19(24)20-23-10-14-26(20)15-18(25-11-3-2-4-12-25)16-5-7-17(21)8-6-16/h5-10,13-14,18H,2-4,11-12,15H2,1H3/t18-/m0/s1. The van der Waals surface area contributed by atoms with E-state index in [-0.39, 0.29) is 11.9 Å². The van der Waals surface area contributed by atoms with Crippen LogP contribution in [0.25, 0.3) is 11.6 Å². The predicted octanol–water partition coefficient (Wildman–Crippen LogP) is 3.65. The van der Waals surface area contributed by atoms with E-state index in [1.165, 1.54) is 19.3 Å². The fraction of sp³-hybridized carbons (Fsp3) is 0.400. The summed E-state index contributed by atoms with van der Waals surface area (Å²) in [6.45, 7) is 2.93. The molecule has 0 bridgehead atoms. The Morgan fingerprint density at radius 2 is 1.65 bits per heavy atom. The summed E-state index contributed by atoms with van der Waals surface area (Å²) in [6, 6.07) is 7.13. The molecule has 1 aromatic carbocycles. The molecule has 1 atom stereocenters. The summed E-state index contributed by atoms with van der Waals surface area (Å²) in [5.74, 6) is 1.52. The topological polar surface area (TPSA) is 38.9 Å². The molecule has 0 radical (unpaired) electrons. The van der Waals surface area contributed by atoms with E-state index in [1.54, 1.807) is 18.3 Å². The zero-order valence-electron chi connectivity index (χ0n) is 15.1. The molecule has 26 heavy (non-hydrogen) atoms. The van der Waals surface area contributed by atoms with Crippen molar-refractivity contribution >= 4 is 0 Å². The van der Waals surface area contributed by atoms with Gasteiger partial charge in [0.25, 0.3) is 0 Å². The SMILES string of the molecule is Cn1ccnc1-c1nccn1C[C@@H](c1ccc(F)cc1)N1CCCCC1. The van der Waals surface area contributed by atoms with Crippen molar-refractivity contribution in [1.82, 2.24) is 24.0 Å². The molecule has 1 saturated heterocycles. The zero-order chi connectivity index (χ0) is 17.9. The lowest BCUT2D eigenvalue weighted by molar-refractivity contribution is 0.149. The quantitative estimate of drug-likeness (QED) is 0.703. The summed E-state index contributed by atoms with van der Waals surface area (Å²) in [4.78, 5) is 11.5. The van der Waals surface area contributed by atoms with Gasteiger partial charge < -0.3 is 9.13 Å². The second-order valence-electron chi connectivity index (χ2n) is 6.93. The van der Waals surface area contributed by atoms with Gasteiger partial charge >= 0.3 is 0 Å². The van der Waals surface area contributed by atoms with Crippen LogP contribution >= 0.6 is 0 Å². The fourth-order valence-corrected chi connectivity index (χ4v) is 3.78. The number of benzene rings is 1. The Kier molecular flexibility index (Phi) is 4.84. The lowest BCUT2D eigenvalue weighted by Gasteiger charge is -2.35. The summed E-state index contributed by atoms with van der Waals surface area (Å²) in [6.07, 6.45) is 11.3. The molecule has 6 heteroatoms. The molecule has 0 N–H and O–H groups in total. The number of nitrogens with zero attached hydrogens (tertiary/aromatic N) is 5. The minimum Gasteiger partial charge on any atom is -0.331 e. The van der Waals surface area contributed by atoms with Crippen molar-refractivity contribution < 1.29 is 4.39 Å². The van der Waals surface area contributed by atoms with Crippen molar-refractivity contribution in [2.45, 2.75) is 31.8 Å². The van der Waals surface area contributed by atoms with Crippen molar-refractivity contribution in [1.29, 1.82) is 0 Å². The van der Waals surface area contributed by atoms with Crippen LogP contribution in [0, 0.1) is 5.82 Å². The third-order valence-electron chi connectivity index (χ3n) is 5.19. The Morgan fingerprint density at radius 1 is 0.962 bits per heavy atom. The van der Waals surface area contributed by atoms with Crippen LogP contribution in [0.5, 0.6) is 0 Å². The van der Waals surface area contributed by atoms with Crippen LogP contribution in [-0.2, 0) is 13.6 Å². The van der Waals surface area contributed by atoms with E-state index >= 15 is 0 Å². The fourth-order valence-electron chi connectivity index (χ4n) is 3.78. The van der Waals surface area contributed by atoms with Crippen LogP contribution in [0.3, 0.4) is 0 Å². The van der Waals surface area contributed by atoms with Crippen LogP contribution in [0.2, 0.25) is 0 Å². The van der Waals surface area contributed by atoms with Gasteiger partial charge in [-0.3, -0.25) is 4.90 Å². The van der Waals surface area contributed by atoms with Crippen molar-refractivity contribution in [3.63, 3.8) is 0 Å². The van der Waals surface area contributed by atoms with Crippen LogP contribution in [0.15, 0.2) is 49.1 Å². The maximum Gasteiger partial charge on any atom is 0.176 e. The minimum absolute atomic E-state index is 0.192. The number of hydrogen-bond donors (Lipinski definition) is 0. The van der Waals surface area contributed by atoms with E-state index in [0.29, 0.717) is 0 Å². The smallest absolute Gasteiger partial charge is 0.176 e. The lowest BCUT2D eigenvalue weighted by Crippen LogP contribution is -2.36. The lowest BCUT2D eigenvalue weighted by atomic mass is 10.0. The average Bonchev–Trinajstić information content (AvgIpc) is 3.29. The van der Waals surface area contributed by atoms with Crippen molar-refractivity contribution in [2.24, 2.45) is 7.05 Å². The number of imidazole rings is 2. The molecule has 4 rings (SSSR count). The Labute approximate surface area is 153 Å². The molecule has 1 fully saturated rings. The molecule has 3 heterocycles. The largest absolute Gasteiger partial charge is 0.331 e. The Morgan fingerprint density at radius 3 is 2.35 bits per heavy atom. The van der Waals surface area contributed by atoms with Gasteiger partial charge in [-0.1, -0.05) is 18.6 Å². The highest BCUT2D eigenvalue weighted by molar-refractivity contribution is 5.44. The molecule has 3 aromatic rings. The molecule has 0 unspecified atom stereocenters. The van der Waals surface area contributed by atoms with Gasteiger partial charge in [0.05, 0.1) is 6.04 Å². The number of aromatic nitrogens is 4. The molecule has 136 valence electrons. The first-order chi connectivity index (χ1) is 12.7. The number of halogens is 1. The Balaban J connectivity index is 1.66. The van der Waals surface area contributed by atoms with Crippen LogP contribution < -0.4 is 0 Å². The molecule has 2 aromatic heterocycles. The number of hydrogen-bond acceptors (Lipinski definition) is 3. The summed E-state index contributed by atoms with van der Waals surface area (Å²) >= 11 is 0. The van der Waals surface area contributed by atoms with E-state index in [9.17, 15) is 4.39 Å². The third kappa shape index (κ3) is 3.42. The summed E-state index contributed by atoms with van der Waals surface area (Å²) in [5, 5.41) is 0. The van der Waals surface area contributed by atoms with E-state index in [4.69, 9.17) is 0 Å². The molecular formula is C20H24FN5. The molecule has 0 spiro atoms. The highest BCUT2D eigenvalue weighted by atomic mass is 19.1. The van der Waals surface area contributed by atoms with Gasteiger partial charge in [0.15, 0.2) is 11.6 Å². The molecule has 1 aliphatic heterocycles. The monoisotopic (exact) mass is 353 g/mol. The second-order valence-corrected chi connectivity index (χ2v) is 6.93. The average molecular weight is 353 g/mol. The Bertz CT molecular complexity index is 845. The van der Waals surface area contributed by atoms with E-state index < -0.39 is 0 Å². The number of rotatable bonds is 5. The van der Waals surface area contributed by atoms with E-state index in [1.807, 2.05) is 42.3 Å². The summed E-state index contributed by atoms with van der Waals surface area (Å²) in [7, 11) is 1.98. The molecular weight excluding hydrogens is 329 g/mol. The second kappa shape index (κ2) is 7.41. The zero-order valence-corrected chi connectivity index (χ0v) is 15.1. The molecule has 0 saturated carbocycles. The number of likely N-dealkylation sites (tertiary alicyclic amines) is 1. The third-order valence-corrected chi connectivity index (χ3v) is 5.19. The maximum absolute atomic E-state index is 13.4. The van der Waals surface area contributed by atoms with Crippen molar-refractivity contribution in [3.05, 3.63) is 60.4 Å². The van der Waals surface area contributed by atoms with Gasteiger partial charge in [-0.2, -0.15) is 0 Å². The highest BCUT2D eigenvalue weighted by Gasteiger charge is 2.24. The minimum atomic E-state index is -0.192. The van der Waals surface area contributed by atoms with E-state index in [0.717, 1.165) is 36.8 Å². The van der Waals surface area contributed by atoms with Gasteiger partial charge in [0, 0.05) is 38.4 Å². The Hall–Kier alpha value is -2.47. The summed E-state index contributed by atoms with van der Waals surface area (Å²) < 4.78 is 17.6. The first-order valence-corrected chi connectivity index (χ1v) is 9.21. The van der Waals surface area contributed by atoms with Gasteiger partial charge in [-0.15, -0.1) is 0 Å². The van der Waals surface area contributed by atoms with Crippen LogP contribution in [-0.4, -0.2) is 37.1 Å². The first-order valence-electron chi connectivity index (χ1n) is 9.21. The molecule has 0 aliphatic carbocycles. The maximum atomic E-state index is 13.4. The van der Waals surface area contributed by atoms with Crippen LogP contribution in [0.4, 0.5) is 4.39 Å². The normalized spacial score (nSPS) is 16.7. The predicted molar refractivity (Wildman–Crippen MR) is 99.0 cm³/mol. The molecule has 1 aliphatic rings. The number of piperidine rings is 1. The van der Waals surface area contributed by atoms with Gasteiger partial charge in [0.2, 0.25) is 0 Å². The number of aryl methyl sites for hydroxylation is 1. The van der Waals surface area contributed by atoms with Gasteiger partial charge in [-0.05, 0) is 43.6 Å². The van der Waals surface area contributed by atoms with Gasteiger partial charge in [0.1, 0.15) is 5.82 Å².